The quantitative estimate of drug-likeness (QED) is 0.594. The maximum Gasteiger partial charge on any atom is 0.402 e. The topological polar surface area (TPSA) is 97.3 Å². The first kappa shape index (κ1) is 22.5. The summed E-state index contributed by atoms with van der Waals surface area (Å²) in [6.07, 6.45) is 0.705. The number of ketones is 1. The molecule has 174 valence electrons. The summed E-state index contributed by atoms with van der Waals surface area (Å²) in [5.41, 5.74) is 2.94. The number of imide groups is 1. The molecular weight excluding hydrogens is 426 g/mol. The Hall–Kier alpha value is -3.69. The van der Waals surface area contributed by atoms with Gasteiger partial charge in [0.1, 0.15) is 17.2 Å². The number of ether oxygens (including phenoxy) is 2. The lowest BCUT2D eigenvalue weighted by Crippen LogP contribution is -2.58. The predicted molar refractivity (Wildman–Crippen MR) is 119 cm³/mol. The summed E-state index contributed by atoms with van der Waals surface area (Å²) >= 11 is 0. The molecule has 1 fully saturated rings. The van der Waals surface area contributed by atoms with E-state index in [2.05, 4.69) is 4.57 Å². The number of aryl methyl sites for hydroxylation is 1. The van der Waals surface area contributed by atoms with Crippen molar-refractivity contribution in [2.75, 3.05) is 27.8 Å². The van der Waals surface area contributed by atoms with Crippen molar-refractivity contribution in [3.63, 3.8) is 0 Å². The van der Waals surface area contributed by atoms with E-state index >= 15 is 0 Å². The molecule has 33 heavy (non-hydrogen) atoms. The number of fused-ring (bicyclic) bond motifs is 3. The standard InChI is InChI=1S/C23H28N5O5/c1-13(29)12-27-21(30)19-20(25(4)23(27)31)24-22-26(14(2)15(3)28(19)22)10-9-16-7-8-17(32-5)18(11-16)33-6/h7-8,11,19H,9-10,12H2,1-6H3/q+1. The van der Waals surface area contributed by atoms with Crippen molar-refractivity contribution in [3.8, 4) is 11.5 Å². The number of likely N-dealkylation sites (N-methyl/N-ethyl adjacent to an activating group) is 1. The van der Waals surface area contributed by atoms with E-state index in [0.717, 1.165) is 21.9 Å². The number of benzene rings is 1. The number of aromatic nitrogens is 2. The molecule has 1 atom stereocenters. The first-order valence-corrected chi connectivity index (χ1v) is 10.7. The molecule has 0 spiro atoms. The zero-order valence-corrected chi connectivity index (χ0v) is 19.7. The molecule has 0 bridgehead atoms. The van der Waals surface area contributed by atoms with Crippen molar-refractivity contribution >= 4 is 29.5 Å². The van der Waals surface area contributed by atoms with Crippen LogP contribution < -0.4 is 14.0 Å². The zero-order chi connectivity index (χ0) is 24.0. The molecule has 0 radical (unpaired) electrons. The molecule has 2 aliphatic rings. The van der Waals surface area contributed by atoms with Gasteiger partial charge in [-0.25, -0.2) is 13.9 Å². The molecule has 1 aromatic carbocycles. The van der Waals surface area contributed by atoms with Crippen LogP contribution in [-0.2, 0) is 22.6 Å². The lowest BCUT2D eigenvalue weighted by Gasteiger charge is -2.32. The third kappa shape index (κ3) is 3.55. The van der Waals surface area contributed by atoms with Gasteiger partial charge in [-0.3, -0.25) is 19.4 Å². The summed E-state index contributed by atoms with van der Waals surface area (Å²) in [6, 6.07) is 4.50. The van der Waals surface area contributed by atoms with E-state index in [1.807, 2.05) is 36.6 Å². The molecule has 1 aromatic heterocycles. The van der Waals surface area contributed by atoms with Crippen molar-refractivity contribution < 1.29 is 28.4 Å². The molecule has 0 saturated carbocycles. The number of imidazole rings is 1. The predicted octanol–water partition coefficient (Wildman–Crippen LogP) is 1.72. The Morgan fingerprint density at radius 2 is 1.85 bits per heavy atom. The van der Waals surface area contributed by atoms with Gasteiger partial charge in [-0.1, -0.05) is 11.1 Å². The van der Waals surface area contributed by atoms with Gasteiger partial charge in [-0.15, -0.1) is 0 Å². The Morgan fingerprint density at radius 3 is 2.48 bits per heavy atom. The van der Waals surface area contributed by atoms with E-state index in [-0.39, 0.29) is 12.3 Å². The van der Waals surface area contributed by atoms with Gasteiger partial charge in [-0.05, 0) is 38.5 Å². The molecular formula is C23H28N5O5+. The number of aliphatic imine (C=N–C) groups is 1. The van der Waals surface area contributed by atoms with Crippen LogP contribution in [0.5, 0.6) is 11.5 Å². The smallest absolute Gasteiger partial charge is 0.402 e. The van der Waals surface area contributed by atoms with Crippen molar-refractivity contribution in [2.24, 2.45) is 4.99 Å². The fourth-order valence-electron chi connectivity index (χ4n) is 4.42. The van der Waals surface area contributed by atoms with E-state index in [4.69, 9.17) is 14.5 Å². The third-order valence-corrected chi connectivity index (χ3v) is 6.28. The minimum absolute atomic E-state index is 0.250. The maximum atomic E-state index is 13.2. The van der Waals surface area contributed by atoms with Crippen LogP contribution in [-0.4, -0.2) is 65.7 Å². The SMILES string of the molecule is COc1ccc(CC[n+]2c(C)c(C)n3c2N=C2C3C(=O)N(CC(C)=O)C(=O)N2C)cc1OC. The zero-order valence-electron chi connectivity index (χ0n) is 19.7. The molecule has 0 N–H and O–H groups in total. The number of hydrogen-bond donors (Lipinski definition) is 0. The van der Waals surface area contributed by atoms with E-state index in [0.29, 0.717) is 36.2 Å². The minimum atomic E-state index is -0.761. The highest BCUT2D eigenvalue weighted by molar-refractivity contribution is 6.21. The van der Waals surface area contributed by atoms with Crippen LogP contribution in [0.3, 0.4) is 0 Å². The Labute approximate surface area is 192 Å². The fourth-order valence-corrected chi connectivity index (χ4v) is 4.42. The molecule has 2 aliphatic heterocycles. The van der Waals surface area contributed by atoms with Crippen LogP contribution in [0.25, 0.3) is 0 Å². The largest absolute Gasteiger partial charge is 0.493 e. The number of carbonyl (C=O) groups is 3. The summed E-state index contributed by atoms with van der Waals surface area (Å²) in [6.45, 7) is 5.65. The molecule has 3 amide bonds. The van der Waals surface area contributed by atoms with Crippen LogP contribution in [0.2, 0.25) is 0 Å². The summed E-state index contributed by atoms with van der Waals surface area (Å²) in [5, 5.41) is 0. The first-order chi connectivity index (χ1) is 15.7. The molecule has 4 rings (SSSR count). The van der Waals surface area contributed by atoms with E-state index in [1.165, 1.54) is 11.8 Å². The second-order valence-corrected chi connectivity index (χ2v) is 8.27. The van der Waals surface area contributed by atoms with Gasteiger partial charge in [0, 0.05) is 13.5 Å². The summed E-state index contributed by atoms with van der Waals surface area (Å²) in [4.78, 5) is 44.7. The molecule has 10 heteroatoms. The van der Waals surface area contributed by atoms with Crippen LogP contribution in [0.1, 0.15) is 29.9 Å². The number of carbonyl (C=O) groups excluding carboxylic acids is 3. The molecule has 0 aliphatic carbocycles. The normalized spacial score (nSPS) is 17.2. The number of amides is 3. The Morgan fingerprint density at radius 1 is 1.15 bits per heavy atom. The molecule has 1 saturated heterocycles. The number of nitrogens with zero attached hydrogens (tertiary/aromatic N) is 5. The number of methoxy groups -OCH3 is 2. The van der Waals surface area contributed by atoms with Crippen molar-refractivity contribution in [1.82, 2.24) is 14.4 Å². The second kappa shape index (κ2) is 8.34. The highest BCUT2D eigenvalue weighted by atomic mass is 16.5. The summed E-state index contributed by atoms with van der Waals surface area (Å²) in [7, 11) is 4.78. The van der Waals surface area contributed by atoms with E-state index in [9.17, 15) is 14.4 Å². The van der Waals surface area contributed by atoms with Gasteiger partial charge >= 0.3 is 12.0 Å². The van der Waals surface area contributed by atoms with Gasteiger partial charge < -0.3 is 9.47 Å². The minimum Gasteiger partial charge on any atom is -0.493 e. The molecule has 1 unspecified atom stereocenters. The summed E-state index contributed by atoms with van der Waals surface area (Å²) < 4.78 is 14.6. The van der Waals surface area contributed by atoms with Crippen molar-refractivity contribution in [1.29, 1.82) is 0 Å². The highest BCUT2D eigenvalue weighted by Crippen LogP contribution is 2.35. The van der Waals surface area contributed by atoms with E-state index in [1.54, 1.807) is 21.3 Å². The number of amidine groups is 1. The second-order valence-electron chi connectivity index (χ2n) is 8.27. The van der Waals surface area contributed by atoms with Gasteiger partial charge in [0.25, 0.3) is 5.91 Å². The first-order valence-electron chi connectivity index (χ1n) is 10.7. The van der Waals surface area contributed by atoms with Crippen LogP contribution in [0.15, 0.2) is 23.2 Å². The van der Waals surface area contributed by atoms with Crippen molar-refractivity contribution in [3.05, 3.63) is 35.2 Å². The van der Waals surface area contributed by atoms with Gasteiger partial charge in [-0.2, -0.15) is 0 Å². The summed E-state index contributed by atoms with van der Waals surface area (Å²) in [5.74, 6) is 1.64. The maximum absolute atomic E-state index is 13.2. The lowest BCUT2D eigenvalue weighted by molar-refractivity contribution is -0.688. The Bertz CT molecular complexity index is 1200. The fraction of sp³-hybridized carbons (Fsp3) is 0.435. The number of rotatable bonds is 7. The highest BCUT2D eigenvalue weighted by Gasteiger charge is 2.54. The number of urea groups is 1. The van der Waals surface area contributed by atoms with Crippen molar-refractivity contribution in [2.45, 2.75) is 39.8 Å². The van der Waals surface area contributed by atoms with Gasteiger partial charge in [0.15, 0.2) is 11.5 Å². The third-order valence-electron chi connectivity index (χ3n) is 6.28. The molecule has 3 heterocycles. The number of hydrogen-bond acceptors (Lipinski definition) is 6. The van der Waals surface area contributed by atoms with Crippen LogP contribution in [0, 0.1) is 13.8 Å². The van der Waals surface area contributed by atoms with Crippen LogP contribution >= 0.6 is 0 Å². The number of Topliss-reactive ketones (excluding diaryl/α,β-unsaturated/α-hetero) is 1. The Balaban J connectivity index is 1.68. The van der Waals surface area contributed by atoms with Crippen LogP contribution in [0.4, 0.5) is 10.7 Å². The monoisotopic (exact) mass is 454 g/mol. The van der Waals surface area contributed by atoms with Gasteiger partial charge in [0.2, 0.25) is 11.9 Å². The molecule has 10 nitrogen and oxygen atoms in total. The average molecular weight is 455 g/mol. The van der Waals surface area contributed by atoms with E-state index < -0.39 is 18.0 Å². The van der Waals surface area contributed by atoms with Gasteiger partial charge in [0.05, 0.1) is 27.3 Å². The molecule has 2 aromatic rings. The lowest BCUT2D eigenvalue weighted by atomic mass is 10.1. The average Bonchev–Trinajstić information content (AvgIpc) is 3.29. The Kier molecular flexibility index (Phi) is 5.69.